The van der Waals surface area contributed by atoms with Gasteiger partial charge >= 0.3 is 17.1 Å². The fourth-order valence-corrected chi connectivity index (χ4v) is 0.497. The first-order valence-electron chi connectivity index (χ1n) is 3.03. The van der Waals surface area contributed by atoms with Gasteiger partial charge in [-0.2, -0.15) is 24.8 Å². The monoisotopic (exact) mass is 195 g/mol. The van der Waals surface area contributed by atoms with Gasteiger partial charge in [0.05, 0.1) is 0 Å². The molecule has 0 aliphatic rings. The summed E-state index contributed by atoms with van der Waals surface area (Å²) < 4.78 is 0. The molecule has 0 fully saturated rings. The van der Waals surface area contributed by atoms with Gasteiger partial charge in [0.1, 0.15) is 0 Å². The molecule has 0 unspecified atom stereocenters. The van der Waals surface area contributed by atoms with Crippen molar-refractivity contribution < 1.29 is 17.1 Å². The topological polar surface area (TPSA) is 28.2 Å². The molecule has 2 aromatic rings. The van der Waals surface area contributed by atoms with Crippen LogP contribution in [0, 0.1) is 0 Å². The minimum absolute atomic E-state index is 0. The molecule has 3 heteroatoms. The maximum absolute atomic E-state index is 3.72. The van der Waals surface area contributed by atoms with Crippen LogP contribution in [0.15, 0.2) is 49.1 Å². The van der Waals surface area contributed by atoms with Crippen molar-refractivity contribution in [1.82, 2.24) is 9.97 Å². The zero-order valence-electron chi connectivity index (χ0n) is 5.81. The van der Waals surface area contributed by atoms with E-state index in [0.29, 0.717) is 0 Å². The second-order valence-corrected chi connectivity index (χ2v) is 1.66. The van der Waals surface area contributed by atoms with Crippen LogP contribution < -0.4 is 9.97 Å². The molecule has 0 aromatic carbocycles. The Kier molecular flexibility index (Phi) is 6.59. The van der Waals surface area contributed by atoms with E-state index in [9.17, 15) is 0 Å². The summed E-state index contributed by atoms with van der Waals surface area (Å²) in [5, 5.41) is 0. The van der Waals surface area contributed by atoms with E-state index in [1.807, 2.05) is 24.3 Å². The van der Waals surface area contributed by atoms with Crippen LogP contribution in [0.2, 0.25) is 0 Å². The van der Waals surface area contributed by atoms with Crippen LogP contribution in [0.3, 0.4) is 0 Å². The molecule has 0 aliphatic heterocycles. The van der Waals surface area contributed by atoms with Crippen molar-refractivity contribution in [2.45, 2.75) is 0 Å². The third-order valence-corrected chi connectivity index (χ3v) is 0.911. The van der Waals surface area contributed by atoms with E-state index in [0.717, 1.165) is 0 Å². The molecule has 0 spiro atoms. The second-order valence-electron chi connectivity index (χ2n) is 1.66. The normalized spacial score (nSPS) is 7.27. The first-order chi connectivity index (χ1) is 5.00. The third kappa shape index (κ3) is 5.52. The van der Waals surface area contributed by atoms with Crippen LogP contribution in [0.4, 0.5) is 0 Å². The molecule has 0 aliphatic carbocycles. The van der Waals surface area contributed by atoms with Crippen LogP contribution in [0.25, 0.3) is 0 Å². The molecule has 0 N–H and O–H groups in total. The third-order valence-electron chi connectivity index (χ3n) is 0.911. The standard InChI is InChI=1S/2C4H4N.Cu/c2*1-2-4-5-3-1;/h2*1-4H;/q2*-1;+2. The summed E-state index contributed by atoms with van der Waals surface area (Å²) in [6, 6.07) is 7.56. The quantitative estimate of drug-likeness (QED) is 0.593. The Labute approximate surface area is 76.5 Å². The predicted molar refractivity (Wildman–Crippen MR) is 39.5 cm³/mol. The smallest absolute Gasteiger partial charge is 0.670 e. The molecule has 0 saturated carbocycles. The molecule has 11 heavy (non-hydrogen) atoms. The SMILES string of the molecule is [Cu+2].c1cc[n-]c1.c1cc[n-]c1. The minimum atomic E-state index is 0. The second kappa shape index (κ2) is 7.19. The van der Waals surface area contributed by atoms with E-state index in [1.165, 1.54) is 0 Å². The maximum Gasteiger partial charge on any atom is 2.00 e. The summed E-state index contributed by atoms with van der Waals surface area (Å²) in [5.74, 6) is 0. The molecular formula is C8H8CuN2. The Balaban J connectivity index is 0.000000167. The van der Waals surface area contributed by atoms with Crippen LogP contribution >= 0.6 is 0 Å². The van der Waals surface area contributed by atoms with Crippen molar-refractivity contribution in [3.05, 3.63) is 49.1 Å². The minimum Gasteiger partial charge on any atom is -0.670 e. The van der Waals surface area contributed by atoms with E-state index in [4.69, 9.17) is 0 Å². The van der Waals surface area contributed by atoms with Gasteiger partial charge in [-0.25, -0.2) is 0 Å². The number of hydrogen-bond donors (Lipinski definition) is 0. The molecule has 0 amide bonds. The summed E-state index contributed by atoms with van der Waals surface area (Å²) in [5.41, 5.74) is 0. The number of aromatic nitrogens is 2. The summed E-state index contributed by atoms with van der Waals surface area (Å²) in [6.07, 6.45) is 7.00. The Hall–Kier alpha value is -0.921. The molecule has 0 bridgehead atoms. The van der Waals surface area contributed by atoms with E-state index >= 15 is 0 Å². The first kappa shape index (κ1) is 10.1. The van der Waals surface area contributed by atoms with Gasteiger partial charge in [0.2, 0.25) is 0 Å². The molecule has 61 valence electrons. The molecule has 2 rings (SSSR count). The molecule has 2 aromatic heterocycles. The Morgan fingerprint density at radius 1 is 0.545 bits per heavy atom. The predicted octanol–water partition coefficient (Wildman–Crippen LogP) is 1.29. The van der Waals surface area contributed by atoms with Gasteiger partial charge < -0.3 is 9.97 Å². The molecular weight excluding hydrogens is 188 g/mol. The van der Waals surface area contributed by atoms with E-state index in [2.05, 4.69) is 9.97 Å². The summed E-state index contributed by atoms with van der Waals surface area (Å²) >= 11 is 0. The molecule has 0 atom stereocenters. The van der Waals surface area contributed by atoms with Crippen molar-refractivity contribution in [1.29, 1.82) is 0 Å². The van der Waals surface area contributed by atoms with Crippen molar-refractivity contribution >= 4 is 0 Å². The fourth-order valence-electron chi connectivity index (χ4n) is 0.497. The number of hydrogen-bond acceptors (Lipinski definition) is 0. The number of rotatable bonds is 0. The zero-order chi connectivity index (χ0) is 7.07. The first-order valence-corrected chi connectivity index (χ1v) is 3.03. The van der Waals surface area contributed by atoms with E-state index < -0.39 is 0 Å². The fraction of sp³-hybridized carbons (Fsp3) is 0. The number of nitrogens with zero attached hydrogens (tertiary/aromatic N) is 2. The average Bonchev–Trinajstić information content (AvgIpc) is 2.67. The zero-order valence-corrected chi connectivity index (χ0v) is 6.76. The van der Waals surface area contributed by atoms with Crippen LogP contribution in [-0.2, 0) is 17.1 Å². The van der Waals surface area contributed by atoms with Gasteiger partial charge in [-0.05, 0) is 0 Å². The van der Waals surface area contributed by atoms with Gasteiger partial charge in [-0.3, -0.25) is 0 Å². The van der Waals surface area contributed by atoms with Crippen LogP contribution in [-0.4, -0.2) is 0 Å². The van der Waals surface area contributed by atoms with Gasteiger partial charge in [0, 0.05) is 0 Å². The maximum atomic E-state index is 3.72. The summed E-state index contributed by atoms with van der Waals surface area (Å²) in [7, 11) is 0. The van der Waals surface area contributed by atoms with E-state index in [1.54, 1.807) is 24.8 Å². The largest absolute Gasteiger partial charge is 2.00 e. The Morgan fingerprint density at radius 3 is 0.909 bits per heavy atom. The molecule has 2 nitrogen and oxygen atoms in total. The van der Waals surface area contributed by atoms with Crippen molar-refractivity contribution in [3.63, 3.8) is 0 Å². The van der Waals surface area contributed by atoms with Gasteiger partial charge in [0.25, 0.3) is 0 Å². The Morgan fingerprint density at radius 2 is 0.818 bits per heavy atom. The van der Waals surface area contributed by atoms with Crippen LogP contribution in [0.1, 0.15) is 0 Å². The van der Waals surface area contributed by atoms with Gasteiger partial charge in [-0.15, -0.1) is 0 Å². The van der Waals surface area contributed by atoms with Crippen molar-refractivity contribution in [2.24, 2.45) is 0 Å². The van der Waals surface area contributed by atoms with E-state index in [-0.39, 0.29) is 17.1 Å². The molecule has 1 radical (unpaired) electrons. The average molecular weight is 196 g/mol. The van der Waals surface area contributed by atoms with Gasteiger partial charge in [-0.1, -0.05) is 24.3 Å². The van der Waals surface area contributed by atoms with Gasteiger partial charge in [0.15, 0.2) is 0 Å². The van der Waals surface area contributed by atoms with Crippen LogP contribution in [0.5, 0.6) is 0 Å². The molecule has 2 heterocycles. The van der Waals surface area contributed by atoms with Crippen molar-refractivity contribution in [3.8, 4) is 0 Å². The molecule has 0 saturated heterocycles. The van der Waals surface area contributed by atoms with Crippen molar-refractivity contribution in [2.75, 3.05) is 0 Å². The Bertz CT molecular complexity index is 151. The summed E-state index contributed by atoms with van der Waals surface area (Å²) in [4.78, 5) is 7.44. The summed E-state index contributed by atoms with van der Waals surface area (Å²) in [6.45, 7) is 0.